The molecule has 170 valence electrons. The number of aliphatic hydroxyl groups is 1. The van der Waals surface area contributed by atoms with E-state index in [9.17, 15) is 31.4 Å². The van der Waals surface area contributed by atoms with Gasteiger partial charge in [-0.1, -0.05) is 23.7 Å². The van der Waals surface area contributed by atoms with E-state index in [2.05, 4.69) is 10.3 Å². The van der Waals surface area contributed by atoms with Crippen LogP contribution in [0, 0.1) is 0 Å². The smallest absolute Gasteiger partial charge is 0.419 e. The number of pyridine rings is 1. The van der Waals surface area contributed by atoms with Crippen LogP contribution in [-0.4, -0.2) is 28.8 Å². The summed E-state index contributed by atoms with van der Waals surface area (Å²) in [5.41, 5.74) is -3.04. The molecule has 11 heteroatoms. The second-order valence-corrected chi connectivity index (χ2v) is 7.96. The largest absolute Gasteiger partial charge is 0.490 e. The Morgan fingerprint density at radius 3 is 2.35 bits per heavy atom. The summed E-state index contributed by atoms with van der Waals surface area (Å²) in [6.07, 6.45) is -7.78. The van der Waals surface area contributed by atoms with Gasteiger partial charge in [0.15, 0.2) is 0 Å². The van der Waals surface area contributed by atoms with Gasteiger partial charge >= 0.3 is 12.4 Å². The Bertz CT molecular complexity index is 919. The number of benzene rings is 1. The van der Waals surface area contributed by atoms with E-state index in [0.717, 1.165) is 24.4 Å². The fourth-order valence-corrected chi connectivity index (χ4v) is 3.94. The highest BCUT2D eigenvalue weighted by atomic mass is 35.5. The number of alkyl halides is 6. The first-order chi connectivity index (χ1) is 14.3. The molecule has 2 heterocycles. The van der Waals surface area contributed by atoms with E-state index >= 15 is 0 Å². The Balaban J connectivity index is 1.73. The monoisotopic (exact) mass is 468 g/mol. The van der Waals surface area contributed by atoms with Crippen LogP contribution in [0.4, 0.5) is 26.3 Å². The number of piperidine rings is 1. The van der Waals surface area contributed by atoms with E-state index in [-0.39, 0.29) is 31.2 Å². The highest BCUT2D eigenvalue weighted by Gasteiger charge is 2.40. The molecule has 1 aliphatic heterocycles. The maximum absolute atomic E-state index is 13.0. The molecule has 0 aliphatic carbocycles. The molecule has 0 bridgehead atoms. The quantitative estimate of drug-likeness (QED) is 0.479. The number of rotatable bonds is 4. The first-order valence-corrected chi connectivity index (χ1v) is 9.67. The maximum atomic E-state index is 13.0. The Kier molecular flexibility index (Phi) is 6.46. The summed E-state index contributed by atoms with van der Waals surface area (Å²) < 4.78 is 82.7. The number of nitrogens with zero attached hydrogens (tertiary/aromatic N) is 1. The van der Waals surface area contributed by atoms with Crippen LogP contribution in [-0.2, 0) is 18.0 Å². The summed E-state index contributed by atoms with van der Waals surface area (Å²) in [5.74, 6) is -0.144. The van der Waals surface area contributed by atoms with Gasteiger partial charge in [-0.15, -0.1) is 0 Å². The molecular weight excluding hydrogens is 450 g/mol. The zero-order chi connectivity index (χ0) is 23.0. The summed E-state index contributed by atoms with van der Waals surface area (Å²) >= 11 is 5.49. The van der Waals surface area contributed by atoms with E-state index in [0.29, 0.717) is 5.56 Å². The summed E-state index contributed by atoms with van der Waals surface area (Å²) in [6, 6.07) is 4.33. The van der Waals surface area contributed by atoms with Crippen molar-refractivity contribution in [3.8, 4) is 5.75 Å². The number of nitrogens with one attached hydrogen (secondary N) is 1. The van der Waals surface area contributed by atoms with Crippen molar-refractivity contribution in [3.05, 3.63) is 58.4 Å². The predicted molar refractivity (Wildman–Crippen MR) is 101 cm³/mol. The first kappa shape index (κ1) is 23.6. The van der Waals surface area contributed by atoms with E-state index in [1.807, 2.05) is 0 Å². The predicted octanol–water partition coefficient (Wildman–Crippen LogP) is 5.18. The highest BCUT2D eigenvalue weighted by molar-refractivity contribution is 6.30. The van der Waals surface area contributed by atoms with Crippen LogP contribution in [0.5, 0.6) is 5.75 Å². The van der Waals surface area contributed by atoms with E-state index < -0.39 is 40.3 Å². The second kappa shape index (κ2) is 8.48. The Morgan fingerprint density at radius 1 is 1.13 bits per heavy atom. The standard InChI is InChI=1S/C20H19ClF6N2O2/c1-11-7-18(30,12-2-4-13(5-3-12)19(22,23)24)8-14(29-11)10-31-15-6-16(20(25,26)27)17(21)28-9-15/h2-6,9,11,14,29-30H,7-8,10H2,1H3/t11-,14-,18-/m0/s1. The van der Waals surface area contributed by atoms with Gasteiger partial charge in [0.2, 0.25) is 0 Å². The molecule has 0 unspecified atom stereocenters. The topological polar surface area (TPSA) is 54.4 Å². The van der Waals surface area contributed by atoms with Gasteiger partial charge in [0, 0.05) is 12.1 Å². The zero-order valence-electron chi connectivity index (χ0n) is 16.2. The summed E-state index contributed by atoms with van der Waals surface area (Å²) in [7, 11) is 0. The lowest BCUT2D eigenvalue weighted by atomic mass is 9.79. The van der Waals surface area contributed by atoms with Crippen LogP contribution in [0.3, 0.4) is 0 Å². The van der Waals surface area contributed by atoms with Gasteiger partial charge in [-0.2, -0.15) is 26.3 Å². The van der Waals surface area contributed by atoms with Gasteiger partial charge in [0.1, 0.15) is 17.5 Å². The molecule has 0 amide bonds. The third-order valence-corrected chi connectivity index (χ3v) is 5.37. The fourth-order valence-electron chi connectivity index (χ4n) is 3.73. The molecular formula is C20H19ClF6N2O2. The lowest BCUT2D eigenvalue weighted by molar-refractivity contribution is -0.138. The molecule has 0 saturated carbocycles. The van der Waals surface area contributed by atoms with Crippen molar-refractivity contribution in [2.75, 3.05) is 6.61 Å². The van der Waals surface area contributed by atoms with Crippen LogP contribution >= 0.6 is 11.6 Å². The van der Waals surface area contributed by atoms with Crippen molar-refractivity contribution in [3.63, 3.8) is 0 Å². The SMILES string of the molecule is C[C@H]1C[C@@](O)(c2ccc(C(F)(F)F)cc2)C[C@@H](COc2cnc(Cl)c(C(F)(F)F)c2)N1. The number of hydrogen-bond donors (Lipinski definition) is 2. The van der Waals surface area contributed by atoms with Gasteiger partial charge in [0.05, 0.1) is 22.9 Å². The van der Waals surface area contributed by atoms with Crippen molar-refractivity contribution in [1.82, 2.24) is 10.3 Å². The average Bonchev–Trinajstić information content (AvgIpc) is 2.65. The summed E-state index contributed by atoms with van der Waals surface area (Å²) in [5, 5.41) is 13.6. The fraction of sp³-hybridized carbons (Fsp3) is 0.450. The van der Waals surface area contributed by atoms with Crippen LogP contribution in [0.2, 0.25) is 5.15 Å². The number of ether oxygens (including phenoxy) is 1. The van der Waals surface area contributed by atoms with Gasteiger partial charge < -0.3 is 15.2 Å². The second-order valence-electron chi connectivity index (χ2n) is 7.60. The molecule has 1 aromatic heterocycles. The summed E-state index contributed by atoms with van der Waals surface area (Å²) in [6.45, 7) is 1.70. The number of aromatic nitrogens is 1. The Morgan fingerprint density at radius 2 is 1.77 bits per heavy atom. The van der Waals surface area contributed by atoms with Crippen LogP contribution in [0.15, 0.2) is 36.5 Å². The molecule has 1 aliphatic rings. The zero-order valence-corrected chi connectivity index (χ0v) is 16.9. The van der Waals surface area contributed by atoms with E-state index in [1.165, 1.54) is 12.1 Å². The molecule has 3 rings (SSSR count). The first-order valence-electron chi connectivity index (χ1n) is 9.30. The van der Waals surface area contributed by atoms with Crippen LogP contribution in [0.1, 0.15) is 36.5 Å². The average molecular weight is 469 g/mol. The molecule has 0 radical (unpaired) electrons. The molecule has 0 spiro atoms. The minimum absolute atomic E-state index is 0.0894. The lowest BCUT2D eigenvalue weighted by Crippen LogP contribution is -2.53. The van der Waals surface area contributed by atoms with Crippen molar-refractivity contribution in [1.29, 1.82) is 0 Å². The molecule has 3 atom stereocenters. The molecule has 2 N–H and O–H groups in total. The van der Waals surface area contributed by atoms with Crippen LogP contribution < -0.4 is 10.1 Å². The van der Waals surface area contributed by atoms with E-state index in [4.69, 9.17) is 16.3 Å². The van der Waals surface area contributed by atoms with Crippen molar-refractivity contribution < 1.29 is 36.2 Å². The normalized spacial score (nSPS) is 24.8. The van der Waals surface area contributed by atoms with Crippen molar-refractivity contribution in [2.24, 2.45) is 0 Å². The minimum Gasteiger partial charge on any atom is -0.490 e. The molecule has 1 saturated heterocycles. The number of halogens is 7. The molecule has 1 fully saturated rings. The van der Waals surface area contributed by atoms with Gasteiger partial charge in [0.25, 0.3) is 0 Å². The Labute approximate surface area is 179 Å². The maximum Gasteiger partial charge on any atom is 0.419 e. The molecule has 4 nitrogen and oxygen atoms in total. The Hall–Kier alpha value is -2.04. The third-order valence-electron chi connectivity index (χ3n) is 5.07. The molecule has 2 aromatic rings. The van der Waals surface area contributed by atoms with Crippen molar-refractivity contribution >= 4 is 11.6 Å². The van der Waals surface area contributed by atoms with Crippen molar-refractivity contribution in [2.45, 2.75) is 49.8 Å². The summed E-state index contributed by atoms with van der Waals surface area (Å²) in [4.78, 5) is 3.49. The minimum atomic E-state index is -4.69. The van der Waals surface area contributed by atoms with Gasteiger partial charge in [-0.25, -0.2) is 4.98 Å². The highest BCUT2D eigenvalue weighted by Crippen LogP contribution is 2.38. The molecule has 1 aromatic carbocycles. The molecule has 31 heavy (non-hydrogen) atoms. The number of hydrogen-bond acceptors (Lipinski definition) is 4. The third kappa shape index (κ3) is 5.61. The van der Waals surface area contributed by atoms with Gasteiger partial charge in [-0.3, -0.25) is 0 Å². The van der Waals surface area contributed by atoms with E-state index in [1.54, 1.807) is 6.92 Å². The van der Waals surface area contributed by atoms with Gasteiger partial charge in [-0.05, 0) is 43.5 Å². The lowest BCUT2D eigenvalue weighted by Gasteiger charge is -2.41. The van der Waals surface area contributed by atoms with Crippen LogP contribution in [0.25, 0.3) is 0 Å².